The third-order valence-electron chi connectivity index (χ3n) is 2.63. The first-order valence-electron chi connectivity index (χ1n) is 5.61. The maximum absolute atomic E-state index is 5.97. The highest BCUT2D eigenvalue weighted by atomic mass is 16.5. The van der Waals surface area contributed by atoms with Crippen LogP contribution >= 0.6 is 0 Å². The van der Waals surface area contributed by atoms with Crippen molar-refractivity contribution in [1.82, 2.24) is 4.98 Å². The molecule has 0 unspecified atom stereocenters. The quantitative estimate of drug-likeness (QED) is 0.625. The van der Waals surface area contributed by atoms with E-state index < -0.39 is 0 Å². The summed E-state index contributed by atoms with van der Waals surface area (Å²) in [5, 5.41) is 5.35. The molecule has 0 bridgehead atoms. The molecule has 0 aliphatic carbocycles. The van der Waals surface area contributed by atoms with Gasteiger partial charge in [0.05, 0.1) is 6.61 Å². The molecular weight excluding hydrogens is 214 g/mol. The van der Waals surface area contributed by atoms with Crippen LogP contribution in [0.3, 0.4) is 0 Å². The number of aromatic nitrogens is 1. The minimum Gasteiger partial charge on any atom is -0.398 e. The number of hydrogen-bond acceptors (Lipinski definition) is 4. The molecule has 0 saturated carbocycles. The van der Waals surface area contributed by atoms with Gasteiger partial charge in [-0.3, -0.25) is 0 Å². The van der Waals surface area contributed by atoms with Crippen LogP contribution in [-0.2, 0) is 4.74 Å². The van der Waals surface area contributed by atoms with Gasteiger partial charge in [-0.05, 0) is 19.1 Å². The highest BCUT2D eigenvalue weighted by molar-refractivity contribution is 5.99. The Hall–Kier alpha value is -1.81. The fourth-order valence-corrected chi connectivity index (χ4v) is 1.83. The zero-order valence-electron chi connectivity index (χ0n) is 10.2. The van der Waals surface area contributed by atoms with Crippen LogP contribution in [0, 0.1) is 6.92 Å². The lowest BCUT2D eigenvalue weighted by Gasteiger charge is -2.11. The second kappa shape index (κ2) is 5.01. The van der Waals surface area contributed by atoms with Crippen LogP contribution in [0.5, 0.6) is 0 Å². The molecule has 0 atom stereocenters. The van der Waals surface area contributed by atoms with Crippen LogP contribution in [0.2, 0.25) is 0 Å². The largest absolute Gasteiger partial charge is 0.398 e. The molecule has 0 radical (unpaired) electrons. The minimum absolute atomic E-state index is 0.652. The van der Waals surface area contributed by atoms with Crippen molar-refractivity contribution in [3.63, 3.8) is 0 Å². The Balaban J connectivity index is 2.43. The summed E-state index contributed by atoms with van der Waals surface area (Å²) in [7, 11) is 1.68. The summed E-state index contributed by atoms with van der Waals surface area (Å²) in [5.74, 6) is 0.865. The number of ether oxygens (including phenoxy) is 1. The highest BCUT2D eigenvalue weighted by Crippen LogP contribution is 2.26. The predicted octanol–water partition coefficient (Wildman–Crippen LogP) is 2.18. The van der Waals surface area contributed by atoms with Gasteiger partial charge in [0.2, 0.25) is 0 Å². The molecule has 90 valence electrons. The van der Waals surface area contributed by atoms with Crippen molar-refractivity contribution in [2.24, 2.45) is 0 Å². The smallest absolute Gasteiger partial charge is 0.134 e. The zero-order valence-corrected chi connectivity index (χ0v) is 10.2. The average Bonchev–Trinajstić information content (AvgIpc) is 2.31. The molecule has 0 fully saturated rings. The molecule has 1 aromatic carbocycles. The Morgan fingerprint density at radius 1 is 1.35 bits per heavy atom. The van der Waals surface area contributed by atoms with E-state index in [-0.39, 0.29) is 0 Å². The fraction of sp³-hybridized carbons (Fsp3) is 0.308. The fourth-order valence-electron chi connectivity index (χ4n) is 1.83. The normalized spacial score (nSPS) is 10.7. The standard InChI is InChI=1S/C13H17N3O/c1-9-8-11-10(4-3-5-12(11)14)13(16-9)15-6-7-17-2/h3-5,8H,6-7,14H2,1-2H3,(H,15,16). The number of anilines is 2. The van der Waals surface area contributed by atoms with E-state index in [1.165, 1.54) is 0 Å². The Bertz CT molecular complexity index is 525. The molecule has 4 nitrogen and oxygen atoms in total. The SMILES string of the molecule is COCCNc1nc(C)cc2c(N)cccc12. The molecule has 1 heterocycles. The van der Waals surface area contributed by atoms with Crippen molar-refractivity contribution < 1.29 is 4.74 Å². The lowest BCUT2D eigenvalue weighted by Crippen LogP contribution is -2.09. The third-order valence-corrected chi connectivity index (χ3v) is 2.63. The van der Waals surface area contributed by atoms with Gasteiger partial charge < -0.3 is 15.8 Å². The summed E-state index contributed by atoms with van der Waals surface area (Å²) in [6.07, 6.45) is 0. The number of nitrogens with two attached hydrogens (primary N) is 1. The Morgan fingerprint density at radius 2 is 2.18 bits per heavy atom. The van der Waals surface area contributed by atoms with Gasteiger partial charge in [-0.15, -0.1) is 0 Å². The van der Waals surface area contributed by atoms with Crippen molar-refractivity contribution in [2.75, 3.05) is 31.3 Å². The maximum atomic E-state index is 5.97. The van der Waals surface area contributed by atoms with Crippen molar-refractivity contribution in [3.05, 3.63) is 30.0 Å². The molecule has 2 rings (SSSR count). The number of aryl methyl sites for hydroxylation is 1. The second-order valence-corrected chi connectivity index (χ2v) is 3.97. The monoisotopic (exact) mass is 231 g/mol. The molecule has 4 heteroatoms. The van der Waals surface area contributed by atoms with Gasteiger partial charge in [0.15, 0.2) is 0 Å². The molecule has 0 amide bonds. The van der Waals surface area contributed by atoms with Crippen molar-refractivity contribution in [2.45, 2.75) is 6.92 Å². The van der Waals surface area contributed by atoms with E-state index in [0.717, 1.165) is 34.5 Å². The molecule has 1 aromatic heterocycles. The van der Waals surface area contributed by atoms with Gasteiger partial charge in [0, 0.05) is 35.8 Å². The van der Waals surface area contributed by atoms with Crippen LogP contribution in [0.4, 0.5) is 11.5 Å². The number of nitrogen functional groups attached to an aromatic ring is 1. The van der Waals surface area contributed by atoms with Gasteiger partial charge in [-0.25, -0.2) is 4.98 Å². The Labute approximate surface area is 101 Å². The van der Waals surface area contributed by atoms with Crippen molar-refractivity contribution >= 4 is 22.3 Å². The van der Waals surface area contributed by atoms with E-state index in [0.29, 0.717) is 6.61 Å². The lowest BCUT2D eigenvalue weighted by molar-refractivity contribution is 0.210. The maximum Gasteiger partial charge on any atom is 0.134 e. The second-order valence-electron chi connectivity index (χ2n) is 3.97. The van der Waals surface area contributed by atoms with Gasteiger partial charge >= 0.3 is 0 Å². The van der Waals surface area contributed by atoms with Crippen LogP contribution in [-0.4, -0.2) is 25.2 Å². The van der Waals surface area contributed by atoms with Gasteiger partial charge in [0.25, 0.3) is 0 Å². The summed E-state index contributed by atoms with van der Waals surface area (Å²) < 4.78 is 5.01. The Kier molecular flexibility index (Phi) is 3.44. The first-order valence-corrected chi connectivity index (χ1v) is 5.61. The molecule has 0 spiro atoms. The first kappa shape index (κ1) is 11.7. The number of methoxy groups -OCH3 is 1. The van der Waals surface area contributed by atoms with Crippen LogP contribution in [0.15, 0.2) is 24.3 Å². The van der Waals surface area contributed by atoms with Crippen molar-refractivity contribution in [1.29, 1.82) is 0 Å². The lowest BCUT2D eigenvalue weighted by atomic mass is 10.1. The van der Waals surface area contributed by atoms with Crippen LogP contribution in [0.1, 0.15) is 5.69 Å². The summed E-state index contributed by atoms with van der Waals surface area (Å²) in [6.45, 7) is 3.35. The van der Waals surface area contributed by atoms with Gasteiger partial charge in [0.1, 0.15) is 5.82 Å². The number of rotatable bonds is 4. The van der Waals surface area contributed by atoms with Crippen LogP contribution < -0.4 is 11.1 Å². The summed E-state index contributed by atoms with van der Waals surface area (Å²) in [6, 6.07) is 7.87. The third kappa shape index (κ3) is 2.47. The number of hydrogen-bond donors (Lipinski definition) is 2. The minimum atomic E-state index is 0.652. The van der Waals surface area contributed by atoms with Gasteiger partial charge in [-0.1, -0.05) is 12.1 Å². The van der Waals surface area contributed by atoms with E-state index in [1.54, 1.807) is 7.11 Å². The highest BCUT2D eigenvalue weighted by Gasteiger charge is 2.05. The van der Waals surface area contributed by atoms with Crippen molar-refractivity contribution in [3.8, 4) is 0 Å². The zero-order chi connectivity index (χ0) is 12.3. The Morgan fingerprint density at radius 3 is 2.94 bits per heavy atom. The predicted molar refractivity (Wildman–Crippen MR) is 71.3 cm³/mol. The first-order chi connectivity index (χ1) is 8.22. The number of benzene rings is 1. The van der Waals surface area contributed by atoms with E-state index >= 15 is 0 Å². The van der Waals surface area contributed by atoms with E-state index in [4.69, 9.17) is 10.5 Å². The molecular formula is C13H17N3O. The molecule has 0 aliphatic rings. The molecule has 3 N–H and O–H groups in total. The average molecular weight is 231 g/mol. The van der Waals surface area contributed by atoms with E-state index in [2.05, 4.69) is 10.3 Å². The van der Waals surface area contributed by atoms with E-state index in [9.17, 15) is 0 Å². The number of nitrogens with zero attached hydrogens (tertiary/aromatic N) is 1. The molecule has 2 aromatic rings. The van der Waals surface area contributed by atoms with E-state index in [1.807, 2.05) is 31.2 Å². The number of pyridine rings is 1. The van der Waals surface area contributed by atoms with Crippen LogP contribution in [0.25, 0.3) is 10.8 Å². The van der Waals surface area contributed by atoms with Gasteiger partial charge in [-0.2, -0.15) is 0 Å². The summed E-state index contributed by atoms with van der Waals surface area (Å²) >= 11 is 0. The molecule has 0 saturated heterocycles. The summed E-state index contributed by atoms with van der Waals surface area (Å²) in [5.41, 5.74) is 7.70. The topological polar surface area (TPSA) is 60.2 Å². The summed E-state index contributed by atoms with van der Waals surface area (Å²) in [4.78, 5) is 4.49. The molecule has 17 heavy (non-hydrogen) atoms. The number of nitrogens with one attached hydrogen (secondary N) is 1. The number of fused-ring (bicyclic) bond motifs is 1. The molecule has 0 aliphatic heterocycles.